The highest BCUT2D eigenvalue weighted by Crippen LogP contribution is 2.36. The maximum Gasteiger partial charge on any atom is 0.514 e. The summed E-state index contributed by atoms with van der Waals surface area (Å²) in [5.41, 5.74) is -0.312. The second-order valence-corrected chi connectivity index (χ2v) is 6.17. The second kappa shape index (κ2) is 4.93. The summed E-state index contributed by atoms with van der Waals surface area (Å²) in [6.07, 6.45) is 1.42. The Kier molecular flexibility index (Phi) is 3.73. The third kappa shape index (κ3) is 2.76. The van der Waals surface area contributed by atoms with Crippen molar-refractivity contribution in [3.8, 4) is 0 Å². The molecule has 0 saturated carbocycles. The summed E-state index contributed by atoms with van der Waals surface area (Å²) in [5.74, 6) is -0.561. The lowest BCUT2D eigenvalue weighted by atomic mass is 9.84. The van der Waals surface area contributed by atoms with E-state index in [2.05, 4.69) is 4.98 Å². The van der Waals surface area contributed by atoms with Gasteiger partial charge < -0.3 is 9.31 Å². The van der Waals surface area contributed by atoms with Crippen LogP contribution in [0.15, 0.2) is 12.3 Å². The summed E-state index contributed by atoms with van der Waals surface area (Å²) in [6, 6.07) is 1.28. The van der Waals surface area contributed by atoms with Gasteiger partial charge in [-0.2, -0.15) is 0 Å². The molecule has 1 aliphatic heterocycles. The molecule has 0 aliphatic carbocycles. The highest BCUT2D eigenvalue weighted by atomic mass is 19.1. The molecule has 0 atom stereocenters. The van der Waals surface area contributed by atoms with E-state index < -0.39 is 24.1 Å². The number of pyridine rings is 1. The highest BCUT2D eigenvalue weighted by molar-refractivity contribution is 6.61. The first kappa shape index (κ1) is 15.1. The fourth-order valence-corrected chi connectivity index (χ4v) is 1.96. The molecule has 2 heterocycles. The van der Waals surface area contributed by atoms with Crippen LogP contribution in [0.3, 0.4) is 0 Å². The molecule has 0 aromatic carbocycles. The maximum absolute atomic E-state index is 13.9. The van der Waals surface area contributed by atoms with E-state index in [4.69, 9.17) is 9.31 Å². The lowest BCUT2D eigenvalue weighted by molar-refractivity contribution is -0.116. The number of nitrogens with zero attached hydrogens (tertiary/aromatic N) is 1. The standard InChI is InChI=1S/C14H19BFNO3/c1-9(18)6-10-8-17-12(7-11(10)16)15-19-13(2,3)14(4,5)20-15/h7-8H,6H2,1-5H3. The van der Waals surface area contributed by atoms with E-state index in [1.807, 2.05) is 27.7 Å². The van der Waals surface area contributed by atoms with Gasteiger partial charge in [-0.1, -0.05) is 0 Å². The van der Waals surface area contributed by atoms with Crippen LogP contribution in [-0.2, 0) is 20.5 Å². The summed E-state index contributed by atoms with van der Waals surface area (Å²) in [6.45, 7) is 9.11. The number of Topliss-reactive ketones (excluding diaryl/α,β-unsaturated/α-hetero) is 1. The molecule has 108 valence electrons. The Labute approximate surface area is 118 Å². The predicted molar refractivity (Wildman–Crippen MR) is 74.3 cm³/mol. The van der Waals surface area contributed by atoms with Crippen LogP contribution in [0.25, 0.3) is 0 Å². The monoisotopic (exact) mass is 279 g/mol. The van der Waals surface area contributed by atoms with Gasteiger partial charge in [-0.3, -0.25) is 9.78 Å². The molecule has 1 aromatic heterocycles. The van der Waals surface area contributed by atoms with Gasteiger partial charge in [0.1, 0.15) is 11.6 Å². The molecule has 0 amide bonds. The number of hydrogen-bond donors (Lipinski definition) is 0. The van der Waals surface area contributed by atoms with E-state index in [1.54, 1.807) is 0 Å². The fraction of sp³-hybridized carbons (Fsp3) is 0.571. The first-order chi connectivity index (χ1) is 9.12. The first-order valence-electron chi connectivity index (χ1n) is 6.62. The van der Waals surface area contributed by atoms with Crippen molar-refractivity contribution < 1.29 is 18.5 Å². The van der Waals surface area contributed by atoms with Gasteiger partial charge in [0.15, 0.2) is 0 Å². The van der Waals surface area contributed by atoms with Crippen molar-refractivity contribution >= 4 is 18.5 Å². The van der Waals surface area contributed by atoms with Gasteiger partial charge in [0.2, 0.25) is 0 Å². The van der Waals surface area contributed by atoms with E-state index in [0.717, 1.165) is 0 Å². The molecule has 0 spiro atoms. The average molecular weight is 279 g/mol. The Morgan fingerprint density at radius 3 is 2.30 bits per heavy atom. The molecule has 0 bridgehead atoms. The van der Waals surface area contributed by atoms with E-state index in [-0.39, 0.29) is 17.8 Å². The van der Waals surface area contributed by atoms with Gasteiger partial charge in [-0.25, -0.2) is 4.39 Å². The number of halogens is 1. The number of carbonyl (C=O) groups is 1. The highest BCUT2D eigenvalue weighted by Gasteiger charge is 2.52. The van der Waals surface area contributed by atoms with Crippen molar-refractivity contribution in [2.75, 3.05) is 0 Å². The molecule has 2 rings (SSSR count). The van der Waals surface area contributed by atoms with Crippen LogP contribution < -0.4 is 5.59 Å². The van der Waals surface area contributed by atoms with E-state index in [1.165, 1.54) is 19.2 Å². The largest absolute Gasteiger partial charge is 0.514 e. The molecule has 4 nitrogen and oxygen atoms in total. The quantitative estimate of drug-likeness (QED) is 0.789. The van der Waals surface area contributed by atoms with Gasteiger partial charge in [0, 0.05) is 18.2 Å². The zero-order chi connectivity index (χ0) is 15.1. The lowest BCUT2D eigenvalue weighted by Gasteiger charge is -2.32. The topological polar surface area (TPSA) is 48.4 Å². The van der Waals surface area contributed by atoms with Crippen molar-refractivity contribution in [1.82, 2.24) is 4.98 Å². The molecule has 1 aliphatic rings. The Bertz CT molecular complexity index is 529. The minimum absolute atomic E-state index is 0.0441. The smallest absolute Gasteiger partial charge is 0.398 e. The second-order valence-electron chi connectivity index (χ2n) is 6.17. The SMILES string of the molecule is CC(=O)Cc1cnc(B2OC(C)(C)C(C)(C)O2)cc1F. The van der Waals surface area contributed by atoms with Crippen molar-refractivity contribution in [3.63, 3.8) is 0 Å². The number of ketones is 1. The van der Waals surface area contributed by atoms with Gasteiger partial charge in [-0.05, 0) is 40.7 Å². The van der Waals surface area contributed by atoms with Gasteiger partial charge in [-0.15, -0.1) is 0 Å². The summed E-state index contributed by atoms with van der Waals surface area (Å²) < 4.78 is 25.6. The Hall–Kier alpha value is -1.27. The third-order valence-corrected chi connectivity index (χ3v) is 3.88. The van der Waals surface area contributed by atoms with Gasteiger partial charge in [0.05, 0.1) is 16.8 Å². The number of aromatic nitrogens is 1. The summed E-state index contributed by atoms with van der Waals surface area (Å²) in [4.78, 5) is 15.2. The van der Waals surface area contributed by atoms with Crippen LogP contribution >= 0.6 is 0 Å². The molecular formula is C14H19BFNO3. The van der Waals surface area contributed by atoms with Crippen LogP contribution in [-0.4, -0.2) is 29.1 Å². The number of rotatable bonds is 3. The van der Waals surface area contributed by atoms with Gasteiger partial charge >= 0.3 is 7.12 Å². The van der Waals surface area contributed by atoms with Crippen LogP contribution in [0.1, 0.15) is 40.2 Å². The minimum atomic E-state index is -0.694. The molecule has 20 heavy (non-hydrogen) atoms. The van der Waals surface area contributed by atoms with Crippen LogP contribution in [0.2, 0.25) is 0 Å². The maximum atomic E-state index is 13.9. The van der Waals surface area contributed by atoms with Crippen LogP contribution in [0.5, 0.6) is 0 Å². The van der Waals surface area contributed by atoms with Crippen LogP contribution in [0.4, 0.5) is 4.39 Å². The van der Waals surface area contributed by atoms with Crippen LogP contribution in [0, 0.1) is 5.82 Å². The molecule has 6 heteroatoms. The molecule has 0 unspecified atom stereocenters. The Morgan fingerprint density at radius 1 is 1.30 bits per heavy atom. The average Bonchev–Trinajstić information content (AvgIpc) is 2.50. The Balaban J connectivity index is 2.24. The summed E-state index contributed by atoms with van der Waals surface area (Å²) in [5, 5.41) is 0. The molecule has 1 aromatic rings. The van der Waals surface area contributed by atoms with E-state index >= 15 is 0 Å². The summed E-state index contributed by atoms with van der Waals surface area (Å²) in [7, 11) is -0.694. The fourth-order valence-electron chi connectivity index (χ4n) is 1.96. The van der Waals surface area contributed by atoms with E-state index in [0.29, 0.717) is 5.59 Å². The molecule has 1 saturated heterocycles. The number of carbonyl (C=O) groups excluding carboxylic acids is 1. The first-order valence-corrected chi connectivity index (χ1v) is 6.62. The predicted octanol–water partition coefficient (Wildman–Crippen LogP) is 1.65. The third-order valence-electron chi connectivity index (χ3n) is 3.88. The van der Waals surface area contributed by atoms with E-state index in [9.17, 15) is 9.18 Å². The molecule has 0 N–H and O–H groups in total. The van der Waals surface area contributed by atoms with Crippen molar-refractivity contribution in [2.24, 2.45) is 0 Å². The van der Waals surface area contributed by atoms with Crippen molar-refractivity contribution in [1.29, 1.82) is 0 Å². The van der Waals surface area contributed by atoms with Crippen molar-refractivity contribution in [3.05, 3.63) is 23.6 Å². The molecular weight excluding hydrogens is 260 g/mol. The summed E-state index contributed by atoms with van der Waals surface area (Å²) >= 11 is 0. The number of hydrogen-bond acceptors (Lipinski definition) is 4. The van der Waals surface area contributed by atoms with Gasteiger partial charge in [0.25, 0.3) is 0 Å². The lowest BCUT2D eigenvalue weighted by Crippen LogP contribution is -2.41. The molecule has 1 fully saturated rings. The molecule has 0 radical (unpaired) electrons. The minimum Gasteiger partial charge on any atom is -0.398 e. The zero-order valence-electron chi connectivity index (χ0n) is 12.5. The zero-order valence-corrected chi connectivity index (χ0v) is 12.5. The Morgan fingerprint density at radius 2 is 1.85 bits per heavy atom. The van der Waals surface area contributed by atoms with Crippen molar-refractivity contribution in [2.45, 2.75) is 52.2 Å². The normalized spacial score (nSPS) is 20.2.